The molecule has 0 bridgehead atoms. The molecule has 0 saturated carbocycles. The smallest absolute Gasteiger partial charge is 0.243 e. The van der Waals surface area contributed by atoms with Crippen LogP contribution < -0.4 is 5.73 Å². The molecular formula is C14H24N2O3S. The van der Waals surface area contributed by atoms with E-state index in [2.05, 4.69) is 0 Å². The number of nitrogens with zero attached hydrogens (tertiary/aromatic N) is 1. The fraction of sp³-hybridized carbons (Fsp3) is 0.571. The second-order valence-electron chi connectivity index (χ2n) is 4.67. The van der Waals surface area contributed by atoms with Crippen LogP contribution in [0.25, 0.3) is 0 Å². The number of hydrogen-bond donors (Lipinski definition) is 1. The second-order valence-corrected chi connectivity index (χ2v) is 6.69. The first kappa shape index (κ1) is 17.1. The maximum absolute atomic E-state index is 12.6. The molecule has 0 aliphatic carbocycles. The summed E-state index contributed by atoms with van der Waals surface area (Å²) in [5.41, 5.74) is 7.25. The Morgan fingerprint density at radius 2 is 2.05 bits per heavy atom. The minimum atomic E-state index is -3.47. The first-order valence-electron chi connectivity index (χ1n) is 6.74. The molecule has 0 fully saturated rings. The Balaban J connectivity index is 3.06. The molecule has 0 amide bonds. The van der Waals surface area contributed by atoms with E-state index in [0.29, 0.717) is 37.4 Å². The molecule has 0 unspecified atom stereocenters. The van der Waals surface area contributed by atoms with Crippen molar-refractivity contribution in [1.82, 2.24) is 4.31 Å². The van der Waals surface area contributed by atoms with E-state index >= 15 is 0 Å². The van der Waals surface area contributed by atoms with Gasteiger partial charge in [0.2, 0.25) is 10.0 Å². The van der Waals surface area contributed by atoms with E-state index in [1.165, 1.54) is 4.31 Å². The maximum Gasteiger partial charge on any atom is 0.243 e. The summed E-state index contributed by atoms with van der Waals surface area (Å²) in [6, 6.07) is 5.40. The Kier molecular flexibility index (Phi) is 6.61. The Morgan fingerprint density at radius 3 is 2.60 bits per heavy atom. The van der Waals surface area contributed by atoms with Crippen molar-refractivity contribution in [3.8, 4) is 0 Å². The molecule has 0 atom stereocenters. The third-order valence-electron chi connectivity index (χ3n) is 3.26. The van der Waals surface area contributed by atoms with Gasteiger partial charge in [0.05, 0.1) is 4.90 Å². The zero-order chi connectivity index (χ0) is 15.2. The fourth-order valence-electron chi connectivity index (χ4n) is 1.98. The van der Waals surface area contributed by atoms with E-state index in [9.17, 15) is 8.42 Å². The van der Waals surface area contributed by atoms with Crippen molar-refractivity contribution in [2.75, 3.05) is 27.3 Å². The number of hydrogen-bond acceptors (Lipinski definition) is 4. The summed E-state index contributed by atoms with van der Waals surface area (Å²) < 4.78 is 31.6. The van der Waals surface area contributed by atoms with Gasteiger partial charge in [-0.1, -0.05) is 19.1 Å². The van der Waals surface area contributed by atoms with Crippen LogP contribution in [-0.2, 0) is 27.7 Å². The molecule has 6 heteroatoms. The number of ether oxygens (including phenoxy) is 1. The van der Waals surface area contributed by atoms with E-state index in [0.717, 1.165) is 11.1 Å². The van der Waals surface area contributed by atoms with Crippen molar-refractivity contribution in [2.24, 2.45) is 5.73 Å². The monoisotopic (exact) mass is 300 g/mol. The molecule has 0 aliphatic rings. The molecule has 0 radical (unpaired) electrons. The Labute approximate surface area is 121 Å². The highest BCUT2D eigenvalue weighted by atomic mass is 32.2. The summed E-state index contributed by atoms with van der Waals surface area (Å²) >= 11 is 0. The van der Waals surface area contributed by atoms with Gasteiger partial charge in [-0.15, -0.1) is 0 Å². The lowest BCUT2D eigenvalue weighted by Gasteiger charge is -2.19. The van der Waals surface area contributed by atoms with Crippen molar-refractivity contribution >= 4 is 10.0 Å². The van der Waals surface area contributed by atoms with Crippen LogP contribution in [0.3, 0.4) is 0 Å². The van der Waals surface area contributed by atoms with Gasteiger partial charge in [-0.3, -0.25) is 0 Å². The van der Waals surface area contributed by atoms with Crippen LogP contribution >= 0.6 is 0 Å². The molecule has 0 spiro atoms. The summed E-state index contributed by atoms with van der Waals surface area (Å²) in [5.74, 6) is 0. The molecule has 1 rings (SSSR count). The van der Waals surface area contributed by atoms with Gasteiger partial charge >= 0.3 is 0 Å². The summed E-state index contributed by atoms with van der Waals surface area (Å²) in [6.07, 6.45) is 1.34. The summed E-state index contributed by atoms with van der Waals surface area (Å²) in [6.45, 7) is 3.26. The largest absolute Gasteiger partial charge is 0.385 e. The van der Waals surface area contributed by atoms with Crippen molar-refractivity contribution in [3.05, 3.63) is 29.3 Å². The highest BCUT2D eigenvalue weighted by molar-refractivity contribution is 7.89. The van der Waals surface area contributed by atoms with Gasteiger partial charge in [-0.25, -0.2) is 12.7 Å². The molecule has 0 aromatic heterocycles. The summed E-state index contributed by atoms with van der Waals surface area (Å²) in [4.78, 5) is 0.364. The van der Waals surface area contributed by atoms with Gasteiger partial charge < -0.3 is 10.5 Å². The Bertz CT molecular complexity index is 529. The first-order valence-corrected chi connectivity index (χ1v) is 8.18. The van der Waals surface area contributed by atoms with Crippen LogP contribution in [-0.4, -0.2) is 40.0 Å². The van der Waals surface area contributed by atoms with Gasteiger partial charge in [0.1, 0.15) is 0 Å². The second kappa shape index (κ2) is 7.73. The van der Waals surface area contributed by atoms with Gasteiger partial charge in [-0.05, 0) is 30.0 Å². The lowest BCUT2D eigenvalue weighted by molar-refractivity contribution is 0.189. The number of rotatable bonds is 8. The predicted octanol–water partition coefficient (Wildman–Crippen LogP) is 1.36. The van der Waals surface area contributed by atoms with E-state index in [1.807, 2.05) is 19.1 Å². The molecular weight excluding hydrogens is 276 g/mol. The van der Waals surface area contributed by atoms with Crippen LogP contribution in [0, 0.1) is 0 Å². The average molecular weight is 300 g/mol. The minimum Gasteiger partial charge on any atom is -0.385 e. The molecule has 114 valence electrons. The molecule has 1 aromatic carbocycles. The lowest BCUT2D eigenvalue weighted by Crippen LogP contribution is -2.29. The number of nitrogens with two attached hydrogens (primary N) is 1. The number of benzene rings is 1. The fourth-order valence-corrected chi connectivity index (χ4v) is 3.53. The molecule has 20 heavy (non-hydrogen) atoms. The lowest BCUT2D eigenvalue weighted by atomic mass is 10.1. The van der Waals surface area contributed by atoms with Gasteiger partial charge in [0, 0.05) is 33.9 Å². The average Bonchev–Trinajstić information content (AvgIpc) is 2.46. The third kappa shape index (κ3) is 4.02. The van der Waals surface area contributed by atoms with Crippen molar-refractivity contribution < 1.29 is 13.2 Å². The van der Waals surface area contributed by atoms with Crippen molar-refractivity contribution in [3.63, 3.8) is 0 Å². The van der Waals surface area contributed by atoms with Gasteiger partial charge in [0.15, 0.2) is 0 Å². The quantitative estimate of drug-likeness (QED) is 0.736. The molecule has 0 saturated heterocycles. The first-order chi connectivity index (χ1) is 9.47. The number of methoxy groups -OCH3 is 1. The van der Waals surface area contributed by atoms with Crippen LogP contribution in [0.4, 0.5) is 0 Å². The van der Waals surface area contributed by atoms with E-state index in [1.54, 1.807) is 20.2 Å². The number of sulfonamides is 1. The molecule has 0 aliphatic heterocycles. The van der Waals surface area contributed by atoms with E-state index in [-0.39, 0.29) is 0 Å². The Hall–Kier alpha value is -0.950. The van der Waals surface area contributed by atoms with Crippen LogP contribution in [0.15, 0.2) is 23.1 Å². The van der Waals surface area contributed by atoms with Crippen LogP contribution in [0.2, 0.25) is 0 Å². The summed E-state index contributed by atoms with van der Waals surface area (Å²) in [7, 11) is -0.270. The van der Waals surface area contributed by atoms with Crippen LogP contribution in [0.1, 0.15) is 24.5 Å². The highest BCUT2D eigenvalue weighted by Crippen LogP contribution is 2.22. The van der Waals surface area contributed by atoms with Crippen molar-refractivity contribution in [1.29, 1.82) is 0 Å². The highest BCUT2D eigenvalue weighted by Gasteiger charge is 2.23. The topological polar surface area (TPSA) is 72.6 Å². The summed E-state index contributed by atoms with van der Waals surface area (Å²) in [5, 5.41) is 0. The van der Waals surface area contributed by atoms with Gasteiger partial charge in [0.25, 0.3) is 0 Å². The zero-order valence-electron chi connectivity index (χ0n) is 12.4. The zero-order valence-corrected chi connectivity index (χ0v) is 13.2. The van der Waals surface area contributed by atoms with Crippen molar-refractivity contribution in [2.45, 2.75) is 31.2 Å². The molecule has 0 heterocycles. The van der Waals surface area contributed by atoms with Crippen LogP contribution in [0.5, 0.6) is 0 Å². The SMILES string of the molecule is CCc1ccc(CN)cc1S(=O)(=O)N(C)CCCOC. The minimum absolute atomic E-state index is 0.333. The molecule has 2 N–H and O–H groups in total. The molecule has 1 aromatic rings. The van der Waals surface area contributed by atoms with E-state index < -0.39 is 10.0 Å². The maximum atomic E-state index is 12.6. The third-order valence-corrected chi connectivity index (χ3v) is 5.20. The Morgan fingerprint density at radius 1 is 1.35 bits per heavy atom. The molecule has 5 nitrogen and oxygen atoms in total. The predicted molar refractivity (Wildman–Crippen MR) is 80.0 cm³/mol. The van der Waals surface area contributed by atoms with E-state index in [4.69, 9.17) is 10.5 Å². The standard InChI is InChI=1S/C14H24N2O3S/c1-4-13-7-6-12(11-15)10-14(13)20(17,18)16(2)8-5-9-19-3/h6-7,10H,4-5,8-9,11,15H2,1-3H3. The van der Waals surface area contributed by atoms with Gasteiger partial charge in [-0.2, -0.15) is 0 Å². The number of aryl methyl sites for hydroxylation is 1. The normalized spacial score (nSPS) is 12.1.